The number of esters is 1. The molecule has 3 aromatic rings. The lowest BCUT2D eigenvalue weighted by Gasteiger charge is -2.18. The van der Waals surface area contributed by atoms with Crippen LogP contribution in [0.3, 0.4) is 0 Å². The summed E-state index contributed by atoms with van der Waals surface area (Å²) in [6.45, 7) is 6.45. The molecule has 0 fully saturated rings. The molecule has 0 heterocycles. The summed E-state index contributed by atoms with van der Waals surface area (Å²) in [5.74, 6) is -1.20. The Morgan fingerprint density at radius 1 is 0.816 bits per heavy atom. The lowest BCUT2D eigenvalue weighted by Crippen LogP contribution is -2.29. The van der Waals surface area contributed by atoms with Crippen LogP contribution in [-0.4, -0.2) is 47.1 Å². The molecule has 1 amide bonds. The molecule has 0 aliphatic carbocycles. The number of anilines is 3. The van der Waals surface area contributed by atoms with Crippen LogP contribution in [0.5, 0.6) is 5.75 Å². The van der Waals surface area contributed by atoms with Gasteiger partial charge in [-0.15, -0.1) is 0 Å². The number of hydrogen-bond donors (Lipinski definition) is 3. The van der Waals surface area contributed by atoms with Gasteiger partial charge in [-0.3, -0.25) is 19.0 Å². The zero-order chi connectivity index (χ0) is 28.5. The summed E-state index contributed by atoms with van der Waals surface area (Å²) in [7, 11) is -5.40. The molecule has 13 heteroatoms. The zero-order valence-electron chi connectivity index (χ0n) is 21.8. The minimum Gasteiger partial charge on any atom is -0.425 e. The molecule has 3 rings (SSSR count). The van der Waals surface area contributed by atoms with Gasteiger partial charge in [-0.05, 0) is 36.4 Å². The number of sulfonamides is 1. The van der Waals surface area contributed by atoms with E-state index >= 15 is 0 Å². The predicted molar refractivity (Wildman–Crippen MR) is 147 cm³/mol. The Labute approximate surface area is 222 Å². The van der Waals surface area contributed by atoms with Crippen LogP contribution in [0.2, 0.25) is 0 Å². The SMILES string of the molecule is CC(=O)Oc1c(S(=O)(=O)Nc2ccc(NC(=O)C(C)(C)C)cc2)ccc2c(NS(=O)(=O)N(C)C)cccc12. The maximum Gasteiger partial charge on any atom is 0.308 e. The average Bonchev–Trinajstić information content (AvgIpc) is 2.79. The van der Waals surface area contributed by atoms with Crippen LogP contribution in [0.4, 0.5) is 17.1 Å². The second kappa shape index (κ2) is 10.6. The zero-order valence-corrected chi connectivity index (χ0v) is 23.5. The number of benzene rings is 3. The number of fused-ring (bicyclic) bond motifs is 1. The maximum atomic E-state index is 13.4. The lowest BCUT2D eigenvalue weighted by atomic mass is 9.95. The topological polar surface area (TPSA) is 151 Å². The Balaban J connectivity index is 2.01. The first-order valence-electron chi connectivity index (χ1n) is 11.4. The summed E-state index contributed by atoms with van der Waals surface area (Å²) in [6, 6.07) is 13.3. The Morgan fingerprint density at radius 2 is 1.42 bits per heavy atom. The molecule has 0 aromatic heterocycles. The van der Waals surface area contributed by atoms with Crippen molar-refractivity contribution in [3.8, 4) is 5.75 Å². The summed E-state index contributed by atoms with van der Waals surface area (Å²) in [5, 5.41) is 3.29. The number of amides is 1. The number of rotatable bonds is 8. The summed E-state index contributed by atoms with van der Waals surface area (Å²) >= 11 is 0. The quantitative estimate of drug-likeness (QED) is 0.279. The predicted octanol–water partition coefficient (Wildman–Crippen LogP) is 3.77. The van der Waals surface area contributed by atoms with Gasteiger partial charge in [0.05, 0.1) is 5.69 Å². The maximum absolute atomic E-state index is 13.4. The van der Waals surface area contributed by atoms with Crippen molar-refractivity contribution in [3.63, 3.8) is 0 Å². The number of ether oxygens (including phenoxy) is 1. The highest BCUT2D eigenvalue weighted by Gasteiger charge is 2.25. The Morgan fingerprint density at radius 3 is 1.97 bits per heavy atom. The van der Waals surface area contributed by atoms with Crippen molar-refractivity contribution in [2.75, 3.05) is 28.9 Å². The molecule has 0 aliphatic heterocycles. The van der Waals surface area contributed by atoms with Gasteiger partial charge in [0, 0.05) is 48.6 Å². The molecular weight excluding hydrogens is 532 g/mol. The third-order valence-electron chi connectivity index (χ3n) is 5.31. The first-order chi connectivity index (χ1) is 17.5. The van der Waals surface area contributed by atoms with E-state index in [1.54, 1.807) is 32.9 Å². The van der Waals surface area contributed by atoms with E-state index in [0.29, 0.717) is 11.1 Å². The fourth-order valence-electron chi connectivity index (χ4n) is 3.24. The highest BCUT2D eigenvalue weighted by molar-refractivity contribution is 7.92. The Kier molecular flexibility index (Phi) is 8.05. The van der Waals surface area contributed by atoms with Crippen LogP contribution in [0.1, 0.15) is 27.7 Å². The Hall–Kier alpha value is -3.68. The molecule has 0 spiro atoms. The van der Waals surface area contributed by atoms with Gasteiger partial charge in [0.15, 0.2) is 5.75 Å². The third-order valence-corrected chi connectivity index (χ3v) is 8.15. The van der Waals surface area contributed by atoms with Crippen LogP contribution >= 0.6 is 0 Å². The molecule has 0 unspecified atom stereocenters. The normalized spacial score (nSPS) is 12.3. The smallest absolute Gasteiger partial charge is 0.308 e. The van der Waals surface area contributed by atoms with Crippen molar-refractivity contribution >= 4 is 59.9 Å². The van der Waals surface area contributed by atoms with Gasteiger partial charge in [0.2, 0.25) is 5.91 Å². The van der Waals surface area contributed by atoms with E-state index in [4.69, 9.17) is 4.74 Å². The first-order valence-corrected chi connectivity index (χ1v) is 14.3. The first kappa shape index (κ1) is 28.9. The van der Waals surface area contributed by atoms with E-state index in [1.807, 2.05) is 0 Å². The van der Waals surface area contributed by atoms with Gasteiger partial charge in [-0.25, -0.2) is 8.42 Å². The van der Waals surface area contributed by atoms with E-state index in [-0.39, 0.29) is 33.3 Å². The van der Waals surface area contributed by atoms with Gasteiger partial charge < -0.3 is 10.1 Å². The molecule has 38 heavy (non-hydrogen) atoms. The van der Waals surface area contributed by atoms with Crippen molar-refractivity contribution in [3.05, 3.63) is 54.6 Å². The average molecular weight is 563 g/mol. The summed E-state index contributed by atoms with van der Waals surface area (Å²) in [5.41, 5.74) is 0.275. The number of carbonyl (C=O) groups excluding carboxylic acids is 2. The van der Waals surface area contributed by atoms with Crippen LogP contribution in [0, 0.1) is 5.41 Å². The molecule has 0 radical (unpaired) electrons. The van der Waals surface area contributed by atoms with Crippen molar-refractivity contribution < 1.29 is 31.2 Å². The van der Waals surface area contributed by atoms with Crippen molar-refractivity contribution in [2.24, 2.45) is 5.41 Å². The number of carbonyl (C=O) groups is 2. The van der Waals surface area contributed by atoms with Crippen LogP contribution in [-0.2, 0) is 29.8 Å². The lowest BCUT2D eigenvalue weighted by molar-refractivity contribution is -0.132. The van der Waals surface area contributed by atoms with E-state index in [1.165, 1.54) is 56.6 Å². The second-order valence-electron chi connectivity index (χ2n) is 9.66. The van der Waals surface area contributed by atoms with Gasteiger partial charge in [-0.2, -0.15) is 12.7 Å². The molecule has 0 saturated heterocycles. The Bertz CT molecular complexity index is 1590. The molecular formula is C25H30N4O7S2. The van der Waals surface area contributed by atoms with Crippen LogP contribution in [0.25, 0.3) is 10.8 Å². The number of nitrogens with zero attached hydrogens (tertiary/aromatic N) is 1. The number of nitrogens with one attached hydrogen (secondary N) is 3. The van der Waals surface area contributed by atoms with Gasteiger partial charge in [0.1, 0.15) is 4.90 Å². The van der Waals surface area contributed by atoms with Gasteiger partial charge >= 0.3 is 16.2 Å². The largest absolute Gasteiger partial charge is 0.425 e. The molecule has 0 bridgehead atoms. The highest BCUT2D eigenvalue weighted by Crippen LogP contribution is 2.37. The van der Waals surface area contributed by atoms with E-state index in [0.717, 1.165) is 11.2 Å². The van der Waals surface area contributed by atoms with E-state index in [2.05, 4.69) is 14.8 Å². The van der Waals surface area contributed by atoms with Crippen molar-refractivity contribution in [2.45, 2.75) is 32.6 Å². The fourth-order valence-corrected chi connectivity index (χ4v) is 5.08. The summed E-state index contributed by atoms with van der Waals surface area (Å²) < 4.78 is 62.6. The van der Waals surface area contributed by atoms with Crippen molar-refractivity contribution in [1.29, 1.82) is 0 Å². The standard InChI is InChI=1S/C25H30N4O7S2/c1-16(30)36-23-20-8-7-9-21(28-38(34,35)29(5)6)19(20)14-15-22(23)37(32,33)27-18-12-10-17(11-13-18)26-24(31)25(2,3)4/h7-15,27-28H,1-6H3,(H,26,31). The van der Waals surface area contributed by atoms with E-state index in [9.17, 15) is 26.4 Å². The van der Waals surface area contributed by atoms with Crippen molar-refractivity contribution in [1.82, 2.24) is 4.31 Å². The minimum atomic E-state index is -4.26. The molecule has 11 nitrogen and oxygen atoms in total. The highest BCUT2D eigenvalue weighted by atomic mass is 32.2. The summed E-state index contributed by atoms with van der Waals surface area (Å²) in [6.07, 6.45) is 0. The minimum absolute atomic E-state index is 0.175. The molecule has 204 valence electrons. The fraction of sp³-hybridized carbons (Fsp3) is 0.280. The van der Waals surface area contributed by atoms with Gasteiger partial charge in [-0.1, -0.05) is 39.0 Å². The monoisotopic (exact) mass is 562 g/mol. The van der Waals surface area contributed by atoms with Crippen LogP contribution < -0.4 is 19.5 Å². The number of hydrogen-bond acceptors (Lipinski definition) is 7. The molecule has 3 N–H and O–H groups in total. The van der Waals surface area contributed by atoms with Gasteiger partial charge in [0.25, 0.3) is 10.0 Å². The second-order valence-corrected chi connectivity index (χ2v) is 13.2. The molecule has 0 atom stereocenters. The molecule has 0 saturated carbocycles. The molecule has 0 aliphatic rings. The van der Waals surface area contributed by atoms with E-state index < -0.39 is 31.6 Å². The molecule has 3 aromatic carbocycles. The third kappa shape index (κ3) is 6.60. The summed E-state index contributed by atoms with van der Waals surface area (Å²) in [4.78, 5) is 23.8. The van der Waals surface area contributed by atoms with Crippen LogP contribution in [0.15, 0.2) is 59.5 Å².